The molecule has 0 fully saturated rings. The molecule has 0 unspecified atom stereocenters. The lowest BCUT2D eigenvalue weighted by Crippen LogP contribution is -2.12. The number of halogens is 2. The highest BCUT2D eigenvalue weighted by Gasteiger charge is 2.14. The van der Waals surface area contributed by atoms with Gasteiger partial charge in [-0.1, -0.05) is 39.7 Å². The first kappa shape index (κ1) is 17.8. The summed E-state index contributed by atoms with van der Waals surface area (Å²) in [5.74, 6) is 1.00. The van der Waals surface area contributed by atoms with Crippen molar-refractivity contribution in [3.05, 3.63) is 82.3 Å². The van der Waals surface area contributed by atoms with E-state index in [2.05, 4.69) is 20.7 Å². The van der Waals surface area contributed by atoms with Crippen molar-refractivity contribution in [1.82, 2.24) is 0 Å². The normalized spacial score (nSPS) is 11.1. The molecule has 0 saturated heterocycles. The van der Waals surface area contributed by atoms with Crippen LogP contribution in [0.1, 0.15) is 0 Å². The summed E-state index contributed by atoms with van der Waals surface area (Å²) in [6.45, 7) is 0. The van der Waals surface area contributed by atoms with Crippen LogP contribution < -0.4 is 9.46 Å². The average molecular weight is 439 g/mol. The second-order valence-electron chi connectivity index (χ2n) is 5.12. The molecule has 0 radical (unpaired) electrons. The van der Waals surface area contributed by atoms with Crippen LogP contribution >= 0.6 is 27.5 Å². The Morgan fingerprint density at radius 2 is 1.52 bits per heavy atom. The summed E-state index contributed by atoms with van der Waals surface area (Å²) in [5.41, 5.74) is 0.486. The van der Waals surface area contributed by atoms with Gasteiger partial charge in [0.25, 0.3) is 10.0 Å². The Kier molecular flexibility index (Phi) is 5.32. The molecule has 3 aromatic carbocycles. The smallest absolute Gasteiger partial charge is 0.261 e. The Morgan fingerprint density at radius 3 is 2.16 bits per heavy atom. The summed E-state index contributed by atoms with van der Waals surface area (Å²) < 4.78 is 33.9. The van der Waals surface area contributed by atoms with E-state index in [0.29, 0.717) is 22.2 Å². The van der Waals surface area contributed by atoms with Gasteiger partial charge in [-0.3, -0.25) is 4.72 Å². The molecule has 0 heterocycles. The van der Waals surface area contributed by atoms with E-state index in [1.807, 2.05) is 6.07 Å². The number of ether oxygens (including phenoxy) is 1. The molecule has 0 saturated carbocycles. The van der Waals surface area contributed by atoms with E-state index in [1.54, 1.807) is 54.6 Å². The number of para-hydroxylation sites is 1. The van der Waals surface area contributed by atoms with Gasteiger partial charge in [0.1, 0.15) is 11.5 Å². The Hall–Kier alpha value is -2.02. The van der Waals surface area contributed by atoms with Crippen molar-refractivity contribution >= 4 is 43.2 Å². The van der Waals surface area contributed by atoms with Crippen molar-refractivity contribution < 1.29 is 13.2 Å². The van der Waals surface area contributed by atoms with Crippen LogP contribution in [-0.2, 0) is 10.0 Å². The maximum atomic E-state index is 12.4. The third kappa shape index (κ3) is 4.54. The monoisotopic (exact) mass is 437 g/mol. The van der Waals surface area contributed by atoms with Crippen molar-refractivity contribution in [1.29, 1.82) is 0 Å². The van der Waals surface area contributed by atoms with Crippen molar-refractivity contribution in [2.24, 2.45) is 0 Å². The van der Waals surface area contributed by atoms with E-state index in [1.165, 1.54) is 12.1 Å². The molecule has 0 aliphatic heterocycles. The summed E-state index contributed by atoms with van der Waals surface area (Å²) in [6.07, 6.45) is 0. The lowest BCUT2D eigenvalue weighted by molar-refractivity contribution is 0.482. The molecule has 1 N–H and O–H groups in total. The minimum absolute atomic E-state index is 0.141. The van der Waals surface area contributed by atoms with Gasteiger partial charge in [0.15, 0.2) is 0 Å². The number of rotatable bonds is 5. The van der Waals surface area contributed by atoms with Crippen LogP contribution in [0.4, 0.5) is 5.69 Å². The highest BCUT2D eigenvalue weighted by Crippen LogP contribution is 2.29. The van der Waals surface area contributed by atoms with Crippen LogP contribution in [0, 0.1) is 0 Å². The fourth-order valence-electron chi connectivity index (χ4n) is 2.07. The Balaban J connectivity index is 1.77. The molecular weight excluding hydrogens is 426 g/mol. The number of hydrogen-bond acceptors (Lipinski definition) is 3. The van der Waals surface area contributed by atoms with Gasteiger partial charge < -0.3 is 4.74 Å². The summed E-state index contributed by atoms with van der Waals surface area (Å²) in [7, 11) is -3.67. The molecule has 0 aliphatic rings. The van der Waals surface area contributed by atoms with E-state index >= 15 is 0 Å². The minimum atomic E-state index is -3.67. The summed E-state index contributed by atoms with van der Waals surface area (Å²) in [6, 6.07) is 20.1. The van der Waals surface area contributed by atoms with E-state index in [0.717, 1.165) is 4.47 Å². The molecule has 7 heteroatoms. The number of nitrogens with one attached hydrogen (secondary N) is 1. The third-order valence-electron chi connectivity index (χ3n) is 3.29. The number of anilines is 1. The maximum absolute atomic E-state index is 12.4. The Bertz CT molecular complexity index is 974. The van der Waals surface area contributed by atoms with Gasteiger partial charge in [0, 0.05) is 10.2 Å². The lowest BCUT2D eigenvalue weighted by atomic mass is 10.3. The molecule has 0 spiro atoms. The summed E-state index contributed by atoms with van der Waals surface area (Å²) >= 11 is 9.35. The van der Waals surface area contributed by atoms with E-state index < -0.39 is 10.0 Å². The average Bonchev–Trinajstić information content (AvgIpc) is 2.59. The fraction of sp³-hybridized carbons (Fsp3) is 0. The topological polar surface area (TPSA) is 55.4 Å². The first-order valence-electron chi connectivity index (χ1n) is 7.25. The van der Waals surface area contributed by atoms with Crippen LogP contribution in [0.3, 0.4) is 0 Å². The molecule has 128 valence electrons. The van der Waals surface area contributed by atoms with Gasteiger partial charge in [-0.15, -0.1) is 0 Å². The van der Waals surface area contributed by atoms with Gasteiger partial charge in [-0.25, -0.2) is 8.42 Å². The van der Waals surface area contributed by atoms with Crippen molar-refractivity contribution in [3.63, 3.8) is 0 Å². The van der Waals surface area contributed by atoms with Crippen LogP contribution in [0.15, 0.2) is 82.2 Å². The molecule has 25 heavy (non-hydrogen) atoms. The van der Waals surface area contributed by atoms with Gasteiger partial charge in [0.2, 0.25) is 0 Å². The molecule has 3 rings (SSSR count). The zero-order chi connectivity index (χ0) is 17.9. The highest BCUT2D eigenvalue weighted by molar-refractivity contribution is 9.10. The first-order chi connectivity index (χ1) is 11.9. The number of benzene rings is 3. The van der Waals surface area contributed by atoms with Gasteiger partial charge >= 0.3 is 0 Å². The second kappa shape index (κ2) is 7.47. The van der Waals surface area contributed by atoms with E-state index in [9.17, 15) is 8.42 Å². The first-order valence-corrected chi connectivity index (χ1v) is 9.90. The number of hydrogen-bond donors (Lipinski definition) is 1. The standard InChI is InChI=1S/C18H13BrClNO3S/c19-13-5-7-14(8-6-13)21-25(22,23)16-11-9-15(10-12-16)24-18-4-2-1-3-17(18)20/h1-12,21H. The lowest BCUT2D eigenvalue weighted by Gasteiger charge is -2.10. The van der Waals surface area contributed by atoms with Crippen LogP contribution in [-0.4, -0.2) is 8.42 Å². The van der Waals surface area contributed by atoms with Crippen LogP contribution in [0.2, 0.25) is 5.02 Å². The molecule has 0 bridgehead atoms. The summed E-state index contributed by atoms with van der Waals surface area (Å²) in [5, 5.41) is 0.483. The number of sulfonamides is 1. The van der Waals surface area contributed by atoms with E-state index in [4.69, 9.17) is 16.3 Å². The Labute approximate surface area is 159 Å². The van der Waals surface area contributed by atoms with Gasteiger partial charge in [-0.05, 0) is 60.7 Å². The summed E-state index contributed by atoms with van der Waals surface area (Å²) in [4.78, 5) is 0.141. The largest absolute Gasteiger partial charge is 0.456 e. The zero-order valence-corrected chi connectivity index (χ0v) is 16.0. The van der Waals surface area contributed by atoms with Crippen molar-refractivity contribution in [2.45, 2.75) is 4.90 Å². The molecule has 0 atom stereocenters. The molecule has 0 amide bonds. The molecule has 3 aromatic rings. The van der Waals surface area contributed by atoms with Gasteiger partial charge in [-0.2, -0.15) is 0 Å². The Morgan fingerprint density at radius 1 is 0.880 bits per heavy atom. The van der Waals surface area contributed by atoms with Crippen molar-refractivity contribution in [2.75, 3.05) is 4.72 Å². The van der Waals surface area contributed by atoms with E-state index in [-0.39, 0.29) is 4.90 Å². The molecule has 4 nitrogen and oxygen atoms in total. The van der Waals surface area contributed by atoms with Crippen LogP contribution in [0.5, 0.6) is 11.5 Å². The predicted octanol–water partition coefficient (Wildman–Crippen LogP) is 5.70. The fourth-order valence-corrected chi connectivity index (χ4v) is 3.57. The van der Waals surface area contributed by atoms with Gasteiger partial charge in [0.05, 0.1) is 9.92 Å². The molecular formula is C18H13BrClNO3S. The zero-order valence-electron chi connectivity index (χ0n) is 12.8. The quantitative estimate of drug-likeness (QED) is 0.556. The SMILES string of the molecule is O=S(=O)(Nc1ccc(Br)cc1)c1ccc(Oc2ccccc2Cl)cc1. The highest BCUT2D eigenvalue weighted by atomic mass is 79.9. The maximum Gasteiger partial charge on any atom is 0.261 e. The van der Waals surface area contributed by atoms with Crippen molar-refractivity contribution in [3.8, 4) is 11.5 Å². The molecule has 0 aliphatic carbocycles. The third-order valence-corrected chi connectivity index (χ3v) is 5.53. The van der Waals surface area contributed by atoms with Crippen LogP contribution in [0.25, 0.3) is 0 Å². The minimum Gasteiger partial charge on any atom is -0.456 e. The second-order valence-corrected chi connectivity index (χ2v) is 8.12. The molecule has 0 aromatic heterocycles. The predicted molar refractivity (Wildman–Crippen MR) is 103 cm³/mol.